The smallest absolute Gasteiger partial charge is 0.245 e. The van der Waals surface area contributed by atoms with Crippen LogP contribution in [0.15, 0.2) is 43.0 Å². The summed E-state index contributed by atoms with van der Waals surface area (Å²) >= 11 is 0. The Labute approximate surface area is 135 Å². The number of rotatable bonds is 5. The molecule has 122 valence electrons. The molecule has 1 N–H and O–H groups in total. The molecule has 0 radical (unpaired) electrons. The molecule has 0 bridgehead atoms. The van der Waals surface area contributed by atoms with Gasteiger partial charge in [-0.15, -0.1) is 0 Å². The second kappa shape index (κ2) is 7.37. The average molecular weight is 314 g/mol. The van der Waals surface area contributed by atoms with Gasteiger partial charge in [-0.1, -0.05) is 6.07 Å². The van der Waals surface area contributed by atoms with Gasteiger partial charge < -0.3 is 10.1 Å². The Balaban J connectivity index is 1.76. The maximum absolute atomic E-state index is 12.6. The molecule has 3 rings (SSSR count). The predicted molar refractivity (Wildman–Crippen MR) is 85.6 cm³/mol. The van der Waals surface area contributed by atoms with Crippen molar-refractivity contribution < 1.29 is 9.53 Å². The van der Waals surface area contributed by atoms with Gasteiger partial charge in [-0.25, -0.2) is 0 Å². The number of nitrogens with zero attached hydrogens (tertiary/aromatic N) is 3. The third kappa shape index (κ3) is 3.76. The van der Waals surface area contributed by atoms with Gasteiger partial charge in [0.15, 0.2) is 0 Å². The van der Waals surface area contributed by atoms with Gasteiger partial charge in [0, 0.05) is 38.0 Å². The lowest BCUT2D eigenvalue weighted by atomic mass is 9.87. The van der Waals surface area contributed by atoms with Crippen molar-refractivity contribution in [3.8, 4) is 0 Å². The Bertz CT molecular complexity index is 609. The maximum Gasteiger partial charge on any atom is 0.245 e. The van der Waals surface area contributed by atoms with Crippen LogP contribution in [0, 0.1) is 5.92 Å². The molecule has 1 aliphatic heterocycles. The molecule has 3 heterocycles. The first-order valence-corrected chi connectivity index (χ1v) is 8.03. The Morgan fingerprint density at radius 3 is 2.83 bits per heavy atom. The van der Waals surface area contributed by atoms with Crippen molar-refractivity contribution in [2.75, 3.05) is 13.2 Å². The molecule has 6 heteroatoms. The summed E-state index contributed by atoms with van der Waals surface area (Å²) in [6.07, 6.45) is 8.95. The number of hydrogen-bond donors (Lipinski definition) is 1. The van der Waals surface area contributed by atoms with E-state index >= 15 is 0 Å². The first kappa shape index (κ1) is 15.7. The first-order chi connectivity index (χ1) is 11.3. The van der Waals surface area contributed by atoms with Crippen LogP contribution in [0.4, 0.5) is 0 Å². The molecule has 0 aromatic carbocycles. The maximum atomic E-state index is 12.6. The zero-order valence-corrected chi connectivity index (χ0v) is 13.3. The van der Waals surface area contributed by atoms with Gasteiger partial charge in [0.05, 0.1) is 6.04 Å². The number of amides is 1. The fraction of sp³-hybridized carbons (Fsp3) is 0.471. The lowest BCUT2D eigenvalue weighted by molar-refractivity contribution is -0.125. The molecule has 2 atom stereocenters. The standard InChI is InChI=1S/C17H22N4O2/c1-13(21-9-3-8-19-21)17(22)20-16(14-5-10-23-11-6-14)15-4-2-7-18-12-15/h2-4,7-9,12-14,16H,5-6,10-11H2,1H3,(H,20,22)/t13-,16+/m0/s1. The quantitative estimate of drug-likeness (QED) is 0.918. The zero-order chi connectivity index (χ0) is 16.1. The van der Waals surface area contributed by atoms with Crippen LogP contribution in [0.5, 0.6) is 0 Å². The van der Waals surface area contributed by atoms with Crippen LogP contribution < -0.4 is 5.32 Å². The molecule has 23 heavy (non-hydrogen) atoms. The van der Waals surface area contributed by atoms with Crippen molar-refractivity contribution in [1.82, 2.24) is 20.1 Å². The number of carbonyl (C=O) groups excluding carboxylic acids is 1. The number of ether oxygens (including phenoxy) is 1. The third-order valence-corrected chi connectivity index (χ3v) is 4.38. The molecule has 2 aromatic heterocycles. The van der Waals surface area contributed by atoms with Gasteiger partial charge in [-0.05, 0) is 43.4 Å². The zero-order valence-electron chi connectivity index (χ0n) is 13.3. The van der Waals surface area contributed by atoms with E-state index in [1.165, 1.54) is 0 Å². The Morgan fingerprint density at radius 1 is 1.35 bits per heavy atom. The van der Waals surface area contributed by atoms with Gasteiger partial charge in [0.2, 0.25) is 5.91 Å². The van der Waals surface area contributed by atoms with Gasteiger partial charge >= 0.3 is 0 Å². The summed E-state index contributed by atoms with van der Waals surface area (Å²) in [5.74, 6) is 0.329. The van der Waals surface area contributed by atoms with Gasteiger partial charge in [0.25, 0.3) is 0 Å². The monoisotopic (exact) mass is 314 g/mol. The molecule has 0 aliphatic carbocycles. The van der Waals surface area contributed by atoms with E-state index in [4.69, 9.17) is 4.74 Å². The summed E-state index contributed by atoms with van der Waals surface area (Å²) in [5.41, 5.74) is 1.04. The van der Waals surface area contributed by atoms with Gasteiger partial charge in [0.1, 0.15) is 6.04 Å². The van der Waals surface area contributed by atoms with Crippen molar-refractivity contribution in [2.45, 2.75) is 31.8 Å². The molecule has 1 aliphatic rings. The minimum atomic E-state index is -0.344. The Morgan fingerprint density at radius 2 is 2.17 bits per heavy atom. The highest BCUT2D eigenvalue weighted by atomic mass is 16.5. The van der Waals surface area contributed by atoms with Crippen LogP contribution in [-0.4, -0.2) is 33.9 Å². The summed E-state index contributed by atoms with van der Waals surface area (Å²) in [4.78, 5) is 16.8. The predicted octanol–water partition coefficient (Wildman–Crippen LogP) is 2.12. The number of aromatic nitrogens is 3. The molecule has 6 nitrogen and oxygen atoms in total. The van der Waals surface area contributed by atoms with Crippen LogP contribution in [0.2, 0.25) is 0 Å². The molecular weight excluding hydrogens is 292 g/mol. The summed E-state index contributed by atoms with van der Waals surface area (Å²) in [7, 11) is 0. The lowest BCUT2D eigenvalue weighted by Gasteiger charge is -2.32. The third-order valence-electron chi connectivity index (χ3n) is 4.38. The highest BCUT2D eigenvalue weighted by Crippen LogP contribution is 2.30. The van der Waals surface area contributed by atoms with E-state index in [0.717, 1.165) is 31.6 Å². The number of pyridine rings is 1. The van der Waals surface area contributed by atoms with Crippen molar-refractivity contribution in [1.29, 1.82) is 0 Å². The topological polar surface area (TPSA) is 69.0 Å². The highest BCUT2D eigenvalue weighted by Gasteiger charge is 2.28. The van der Waals surface area contributed by atoms with E-state index in [-0.39, 0.29) is 18.0 Å². The van der Waals surface area contributed by atoms with E-state index in [1.807, 2.05) is 31.3 Å². The van der Waals surface area contributed by atoms with Crippen LogP contribution >= 0.6 is 0 Å². The summed E-state index contributed by atoms with van der Waals surface area (Å²) in [5, 5.41) is 7.35. The molecule has 2 aromatic rings. The average Bonchev–Trinajstić information content (AvgIpc) is 3.15. The largest absolute Gasteiger partial charge is 0.381 e. The highest BCUT2D eigenvalue weighted by molar-refractivity contribution is 5.80. The summed E-state index contributed by atoms with van der Waals surface area (Å²) in [6, 6.07) is 5.36. The van der Waals surface area contributed by atoms with Gasteiger partial charge in [-0.3, -0.25) is 14.5 Å². The van der Waals surface area contributed by atoms with E-state index < -0.39 is 0 Å². The van der Waals surface area contributed by atoms with Crippen molar-refractivity contribution >= 4 is 5.91 Å². The fourth-order valence-corrected chi connectivity index (χ4v) is 2.99. The minimum absolute atomic E-state index is 0.0333. The van der Waals surface area contributed by atoms with E-state index in [1.54, 1.807) is 23.3 Å². The first-order valence-electron chi connectivity index (χ1n) is 8.03. The second-order valence-electron chi connectivity index (χ2n) is 5.88. The summed E-state index contributed by atoms with van der Waals surface area (Å²) in [6.45, 7) is 3.34. The van der Waals surface area contributed by atoms with E-state index in [2.05, 4.69) is 15.4 Å². The number of hydrogen-bond acceptors (Lipinski definition) is 4. The number of carbonyl (C=O) groups is 1. The van der Waals surface area contributed by atoms with Crippen LogP contribution in [0.3, 0.4) is 0 Å². The molecule has 1 fully saturated rings. The summed E-state index contributed by atoms with van der Waals surface area (Å²) < 4.78 is 7.12. The van der Waals surface area contributed by atoms with Crippen molar-refractivity contribution in [3.05, 3.63) is 48.5 Å². The molecule has 0 saturated carbocycles. The molecular formula is C17H22N4O2. The van der Waals surface area contributed by atoms with E-state index in [9.17, 15) is 4.79 Å². The fourth-order valence-electron chi connectivity index (χ4n) is 2.99. The van der Waals surface area contributed by atoms with Crippen LogP contribution in [0.25, 0.3) is 0 Å². The number of nitrogens with one attached hydrogen (secondary N) is 1. The SMILES string of the molecule is C[C@@H](C(=O)N[C@@H](c1cccnc1)C1CCOCC1)n1cccn1. The second-order valence-corrected chi connectivity index (χ2v) is 5.88. The van der Waals surface area contributed by atoms with Crippen molar-refractivity contribution in [2.24, 2.45) is 5.92 Å². The normalized spacial score (nSPS) is 18.3. The van der Waals surface area contributed by atoms with Crippen LogP contribution in [-0.2, 0) is 9.53 Å². The van der Waals surface area contributed by atoms with Crippen molar-refractivity contribution in [3.63, 3.8) is 0 Å². The minimum Gasteiger partial charge on any atom is -0.381 e. The Kier molecular flexibility index (Phi) is 5.02. The van der Waals surface area contributed by atoms with Crippen LogP contribution in [0.1, 0.15) is 37.4 Å². The molecule has 0 spiro atoms. The van der Waals surface area contributed by atoms with Gasteiger partial charge in [-0.2, -0.15) is 5.10 Å². The Hall–Kier alpha value is -2.21. The van der Waals surface area contributed by atoms with E-state index in [0.29, 0.717) is 5.92 Å². The molecule has 0 unspecified atom stereocenters. The molecule has 1 amide bonds. The molecule has 1 saturated heterocycles. The lowest BCUT2D eigenvalue weighted by Crippen LogP contribution is -2.39.